The summed E-state index contributed by atoms with van der Waals surface area (Å²) in [5.74, 6) is -0.785. The molecule has 1 atom stereocenters. The lowest BCUT2D eigenvalue weighted by Gasteiger charge is -2.11. The van der Waals surface area contributed by atoms with Gasteiger partial charge in [-0.05, 0) is 32.2 Å². The molecule has 0 fully saturated rings. The van der Waals surface area contributed by atoms with Gasteiger partial charge < -0.3 is 16.4 Å². The summed E-state index contributed by atoms with van der Waals surface area (Å²) in [4.78, 5) is 22.5. The first-order valence-corrected chi connectivity index (χ1v) is 5.41. The molecule has 4 N–H and O–H groups in total. The van der Waals surface area contributed by atoms with Gasteiger partial charge in [-0.2, -0.15) is 0 Å². The Kier molecular flexibility index (Phi) is 4.48. The van der Waals surface area contributed by atoms with Crippen molar-refractivity contribution in [1.29, 1.82) is 0 Å². The Bertz CT molecular complexity index is 448. The Labute approximate surface area is 104 Å². The number of nitrogens with one attached hydrogen (secondary N) is 2. The average molecular weight is 256 g/mol. The molecule has 0 aliphatic heterocycles. The second-order valence-electron chi connectivity index (χ2n) is 3.56. The van der Waals surface area contributed by atoms with Crippen molar-refractivity contribution >= 4 is 29.1 Å². The van der Waals surface area contributed by atoms with Gasteiger partial charge in [-0.1, -0.05) is 11.6 Å². The molecule has 92 valence electrons. The maximum Gasteiger partial charge on any atom is 0.250 e. The van der Waals surface area contributed by atoms with E-state index >= 15 is 0 Å². The van der Waals surface area contributed by atoms with E-state index in [1.165, 1.54) is 12.1 Å². The number of hydrogen-bond donors (Lipinski definition) is 3. The summed E-state index contributed by atoms with van der Waals surface area (Å²) < 4.78 is 0. The second kappa shape index (κ2) is 5.65. The highest BCUT2D eigenvalue weighted by Gasteiger charge is 2.12. The minimum absolute atomic E-state index is 0.185. The molecule has 6 heteroatoms. The van der Waals surface area contributed by atoms with Crippen molar-refractivity contribution in [3.63, 3.8) is 0 Å². The Morgan fingerprint density at radius 3 is 2.53 bits per heavy atom. The summed E-state index contributed by atoms with van der Waals surface area (Å²) in [5, 5.41) is 5.69. The fourth-order valence-corrected chi connectivity index (χ4v) is 1.45. The molecular formula is C11H14ClN3O2. The van der Waals surface area contributed by atoms with Gasteiger partial charge >= 0.3 is 0 Å². The van der Waals surface area contributed by atoms with Crippen LogP contribution in [0.15, 0.2) is 18.2 Å². The van der Waals surface area contributed by atoms with Gasteiger partial charge in [0.2, 0.25) is 11.8 Å². The number of likely N-dealkylation sites (N-methyl/N-ethyl adjacent to an activating group) is 1. The molecule has 1 unspecified atom stereocenters. The third-order valence-electron chi connectivity index (χ3n) is 2.33. The van der Waals surface area contributed by atoms with Gasteiger partial charge in [-0.25, -0.2) is 0 Å². The second-order valence-corrected chi connectivity index (χ2v) is 3.97. The molecule has 0 aliphatic carbocycles. The van der Waals surface area contributed by atoms with E-state index in [4.69, 9.17) is 17.3 Å². The van der Waals surface area contributed by atoms with Crippen LogP contribution in [0.2, 0.25) is 5.02 Å². The molecule has 0 bridgehead atoms. The third kappa shape index (κ3) is 3.44. The Hall–Kier alpha value is -1.59. The summed E-state index contributed by atoms with van der Waals surface area (Å²) in [6, 6.07) is 4.22. The van der Waals surface area contributed by atoms with Crippen LogP contribution in [0.3, 0.4) is 0 Å². The van der Waals surface area contributed by atoms with E-state index in [1.807, 2.05) is 0 Å². The van der Waals surface area contributed by atoms with Crippen LogP contribution in [0, 0.1) is 0 Å². The maximum atomic E-state index is 11.6. The molecule has 0 spiro atoms. The number of rotatable bonds is 4. The quantitative estimate of drug-likeness (QED) is 0.750. The molecule has 0 radical (unpaired) electrons. The average Bonchev–Trinajstić information content (AvgIpc) is 2.27. The molecule has 1 rings (SSSR count). The summed E-state index contributed by atoms with van der Waals surface area (Å²) in [5.41, 5.74) is 5.86. The molecule has 2 amide bonds. The van der Waals surface area contributed by atoms with Gasteiger partial charge in [0.1, 0.15) is 0 Å². The molecule has 1 aromatic carbocycles. The highest BCUT2D eigenvalue weighted by atomic mass is 35.5. The van der Waals surface area contributed by atoms with Crippen LogP contribution in [0.5, 0.6) is 0 Å². The number of hydrogen-bond acceptors (Lipinski definition) is 3. The number of carbonyl (C=O) groups is 2. The van der Waals surface area contributed by atoms with E-state index in [1.54, 1.807) is 20.0 Å². The number of benzene rings is 1. The lowest BCUT2D eigenvalue weighted by Crippen LogP contribution is -2.35. The number of anilines is 1. The number of carbonyl (C=O) groups excluding carboxylic acids is 2. The van der Waals surface area contributed by atoms with E-state index in [-0.39, 0.29) is 22.5 Å². The molecule has 1 aromatic rings. The Morgan fingerprint density at radius 1 is 1.41 bits per heavy atom. The maximum absolute atomic E-state index is 11.6. The van der Waals surface area contributed by atoms with E-state index in [0.29, 0.717) is 5.69 Å². The summed E-state index contributed by atoms with van der Waals surface area (Å²) in [6.45, 7) is 1.73. The molecule has 0 saturated carbocycles. The van der Waals surface area contributed by atoms with Crippen molar-refractivity contribution in [2.24, 2.45) is 5.73 Å². The monoisotopic (exact) mass is 255 g/mol. The Morgan fingerprint density at radius 2 is 2.06 bits per heavy atom. The highest BCUT2D eigenvalue weighted by molar-refractivity contribution is 6.34. The number of primary amides is 1. The molecule has 5 nitrogen and oxygen atoms in total. The van der Waals surface area contributed by atoms with E-state index in [0.717, 1.165) is 0 Å². The Balaban J connectivity index is 2.84. The molecule has 0 aromatic heterocycles. The van der Waals surface area contributed by atoms with E-state index in [9.17, 15) is 9.59 Å². The lowest BCUT2D eigenvalue weighted by atomic mass is 10.2. The van der Waals surface area contributed by atoms with Gasteiger partial charge in [0.15, 0.2) is 0 Å². The van der Waals surface area contributed by atoms with Crippen LogP contribution in [0.1, 0.15) is 17.3 Å². The smallest absolute Gasteiger partial charge is 0.250 e. The number of nitrogens with two attached hydrogens (primary N) is 1. The summed E-state index contributed by atoms with van der Waals surface area (Å²) in [7, 11) is 1.69. The lowest BCUT2D eigenvalue weighted by molar-refractivity contribution is -0.117. The van der Waals surface area contributed by atoms with Crippen molar-refractivity contribution in [3.05, 3.63) is 28.8 Å². The molecule has 0 heterocycles. The molecular weight excluding hydrogens is 242 g/mol. The zero-order chi connectivity index (χ0) is 13.0. The minimum Gasteiger partial charge on any atom is -0.366 e. The van der Waals surface area contributed by atoms with Crippen LogP contribution in [0.4, 0.5) is 5.69 Å². The van der Waals surface area contributed by atoms with E-state index < -0.39 is 5.91 Å². The first-order valence-electron chi connectivity index (χ1n) is 5.03. The first kappa shape index (κ1) is 13.5. The first-order chi connectivity index (χ1) is 7.95. The van der Waals surface area contributed by atoms with Crippen molar-refractivity contribution in [3.8, 4) is 0 Å². The van der Waals surface area contributed by atoms with Crippen molar-refractivity contribution in [1.82, 2.24) is 5.32 Å². The highest BCUT2D eigenvalue weighted by Crippen LogP contribution is 2.20. The largest absolute Gasteiger partial charge is 0.366 e. The van der Waals surface area contributed by atoms with Gasteiger partial charge in [0.25, 0.3) is 0 Å². The van der Waals surface area contributed by atoms with Crippen LogP contribution >= 0.6 is 11.6 Å². The van der Waals surface area contributed by atoms with Gasteiger partial charge in [0, 0.05) is 5.69 Å². The van der Waals surface area contributed by atoms with Gasteiger partial charge in [0.05, 0.1) is 16.6 Å². The van der Waals surface area contributed by atoms with E-state index in [2.05, 4.69) is 10.6 Å². The fraction of sp³-hybridized carbons (Fsp3) is 0.273. The van der Waals surface area contributed by atoms with Crippen molar-refractivity contribution in [2.45, 2.75) is 13.0 Å². The number of halogens is 1. The van der Waals surface area contributed by atoms with Gasteiger partial charge in [-0.15, -0.1) is 0 Å². The van der Waals surface area contributed by atoms with Crippen LogP contribution in [0.25, 0.3) is 0 Å². The number of amides is 2. The minimum atomic E-state index is -0.600. The molecule has 17 heavy (non-hydrogen) atoms. The normalized spacial score (nSPS) is 11.9. The zero-order valence-electron chi connectivity index (χ0n) is 9.58. The fourth-order valence-electron chi connectivity index (χ4n) is 1.17. The van der Waals surface area contributed by atoms with Crippen molar-refractivity contribution < 1.29 is 9.59 Å². The van der Waals surface area contributed by atoms with Crippen molar-refractivity contribution in [2.75, 3.05) is 12.4 Å². The molecule has 0 aliphatic rings. The predicted molar refractivity (Wildman–Crippen MR) is 67.1 cm³/mol. The zero-order valence-corrected chi connectivity index (χ0v) is 10.3. The SMILES string of the molecule is CNC(C)C(=O)Nc1ccc(C(N)=O)c(Cl)c1. The van der Waals surface area contributed by atoms with Gasteiger partial charge in [-0.3, -0.25) is 9.59 Å². The van der Waals surface area contributed by atoms with Crippen LogP contribution in [-0.4, -0.2) is 24.9 Å². The topological polar surface area (TPSA) is 84.2 Å². The molecule has 0 saturated heterocycles. The summed E-state index contributed by atoms with van der Waals surface area (Å²) in [6.07, 6.45) is 0. The summed E-state index contributed by atoms with van der Waals surface area (Å²) >= 11 is 5.85. The van der Waals surface area contributed by atoms with Crippen LogP contribution in [-0.2, 0) is 4.79 Å². The standard InChI is InChI=1S/C11H14ClN3O2/c1-6(14-2)11(17)15-7-3-4-8(10(13)16)9(12)5-7/h3-6,14H,1-2H3,(H2,13,16)(H,15,17). The third-order valence-corrected chi connectivity index (χ3v) is 2.64. The predicted octanol–water partition coefficient (Wildman–Crippen LogP) is 0.985. The van der Waals surface area contributed by atoms with Crippen LogP contribution < -0.4 is 16.4 Å².